The Bertz CT molecular complexity index is 771. The molecule has 0 radical (unpaired) electrons. The first kappa shape index (κ1) is 17.5. The zero-order valence-electron chi connectivity index (χ0n) is 13.5. The molecule has 0 aliphatic heterocycles. The van der Waals surface area contributed by atoms with Crippen LogP contribution in [0, 0.1) is 11.6 Å². The molecule has 0 saturated heterocycles. The molecule has 0 unspecified atom stereocenters. The maximum atomic E-state index is 13.6. The van der Waals surface area contributed by atoms with Crippen molar-refractivity contribution in [2.45, 2.75) is 31.1 Å². The standard InChI is InChI=1S/C18H18F2N2O2S/c19-13-3-4-14(20)15(9-13)22-17(24)16(23)21-11-18(6-1-2-7-18)12-5-8-25-10-12/h3-5,8-10H,1-2,6-7,11H2,(H,21,23)(H,22,24). The van der Waals surface area contributed by atoms with E-state index in [-0.39, 0.29) is 11.1 Å². The molecule has 2 amide bonds. The highest BCUT2D eigenvalue weighted by atomic mass is 32.1. The van der Waals surface area contributed by atoms with Crippen molar-refractivity contribution in [3.05, 3.63) is 52.2 Å². The van der Waals surface area contributed by atoms with Crippen LogP contribution in [0.25, 0.3) is 0 Å². The van der Waals surface area contributed by atoms with Crippen molar-refractivity contribution in [2.24, 2.45) is 0 Å². The van der Waals surface area contributed by atoms with E-state index in [0.29, 0.717) is 6.54 Å². The summed E-state index contributed by atoms with van der Waals surface area (Å²) in [4.78, 5) is 24.0. The van der Waals surface area contributed by atoms with Crippen LogP contribution in [-0.2, 0) is 15.0 Å². The highest BCUT2D eigenvalue weighted by Gasteiger charge is 2.36. The monoisotopic (exact) mass is 364 g/mol. The van der Waals surface area contributed by atoms with Crippen LogP contribution in [0.15, 0.2) is 35.0 Å². The zero-order chi connectivity index (χ0) is 17.9. The Morgan fingerprint density at radius 1 is 1.12 bits per heavy atom. The number of halogens is 2. The Hall–Kier alpha value is -2.28. The van der Waals surface area contributed by atoms with Crippen LogP contribution in [-0.4, -0.2) is 18.4 Å². The fourth-order valence-electron chi connectivity index (χ4n) is 3.29. The fourth-order valence-corrected chi connectivity index (χ4v) is 4.07. The van der Waals surface area contributed by atoms with Crippen LogP contribution in [0.2, 0.25) is 0 Å². The van der Waals surface area contributed by atoms with Gasteiger partial charge in [-0.25, -0.2) is 8.78 Å². The van der Waals surface area contributed by atoms with E-state index in [1.54, 1.807) is 11.3 Å². The minimum Gasteiger partial charge on any atom is -0.347 e. The van der Waals surface area contributed by atoms with Gasteiger partial charge in [-0.15, -0.1) is 0 Å². The third kappa shape index (κ3) is 3.87. The number of carbonyl (C=O) groups is 2. The number of hydrogen-bond acceptors (Lipinski definition) is 3. The maximum absolute atomic E-state index is 13.6. The largest absolute Gasteiger partial charge is 0.347 e. The predicted molar refractivity (Wildman–Crippen MR) is 92.5 cm³/mol. The molecule has 0 bridgehead atoms. The minimum atomic E-state index is -1.01. The van der Waals surface area contributed by atoms with Crippen molar-refractivity contribution >= 4 is 28.8 Å². The molecule has 0 spiro atoms. The highest BCUT2D eigenvalue weighted by Crippen LogP contribution is 2.41. The molecule has 1 fully saturated rings. The van der Waals surface area contributed by atoms with Gasteiger partial charge in [0.2, 0.25) is 0 Å². The Balaban J connectivity index is 1.63. The molecular weight excluding hydrogens is 346 g/mol. The predicted octanol–water partition coefficient (Wildman–Crippen LogP) is 3.59. The summed E-state index contributed by atoms with van der Waals surface area (Å²) in [5, 5.41) is 8.82. The van der Waals surface area contributed by atoms with Crippen molar-refractivity contribution in [1.29, 1.82) is 0 Å². The van der Waals surface area contributed by atoms with Crippen LogP contribution in [0.3, 0.4) is 0 Å². The number of rotatable bonds is 4. The lowest BCUT2D eigenvalue weighted by Crippen LogP contribution is -2.43. The second kappa shape index (κ2) is 7.31. The molecule has 1 aromatic heterocycles. The molecule has 4 nitrogen and oxygen atoms in total. The van der Waals surface area contributed by atoms with E-state index in [2.05, 4.69) is 16.0 Å². The lowest BCUT2D eigenvalue weighted by molar-refractivity contribution is -0.136. The zero-order valence-corrected chi connectivity index (χ0v) is 14.3. The van der Waals surface area contributed by atoms with Gasteiger partial charge in [-0.3, -0.25) is 9.59 Å². The average Bonchev–Trinajstić information content (AvgIpc) is 3.27. The van der Waals surface area contributed by atoms with Gasteiger partial charge in [0.15, 0.2) is 0 Å². The average molecular weight is 364 g/mol. The lowest BCUT2D eigenvalue weighted by atomic mass is 9.80. The fraction of sp³-hybridized carbons (Fsp3) is 0.333. The Morgan fingerprint density at radius 2 is 1.88 bits per heavy atom. The molecule has 1 aliphatic rings. The molecule has 1 aliphatic carbocycles. The second-order valence-corrected chi connectivity index (χ2v) is 7.04. The number of amides is 2. The van der Waals surface area contributed by atoms with Gasteiger partial charge in [-0.2, -0.15) is 11.3 Å². The van der Waals surface area contributed by atoms with Crippen molar-refractivity contribution in [3.63, 3.8) is 0 Å². The quantitative estimate of drug-likeness (QED) is 0.815. The Kier molecular flexibility index (Phi) is 5.13. The molecule has 2 aromatic rings. The van der Waals surface area contributed by atoms with Gasteiger partial charge >= 0.3 is 11.8 Å². The van der Waals surface area contributed by atoms with Gasteiger partial charge < -0.3 is 10.6 Å². The van der Waals surface area contributed by atoms with E-state index in [9.17, 15) is 18.4 Å². The van der Waals surface area contributed by atoms with E-state index in [1.807, 2.05) is 11.4 Å². The van der Waals surface area contributed by atoms with Crippen LogP contribution in [0.4, 0.5) is 14.5 Å². The van der Waals surface area contributed by atoms with Crippen molar-refractivity contribution in [3.8, 4) is 0 Å². The summed E-state index contributed by atoms with van der Waals surface area (Å²) in [6.45, 7) is 0.349. The van der Waals surface area contributed by atoms with Gasteiger partial charge in [-0.1, -0.05) is 12.8 Å². The van der Waals surface area contributed by atoms with Crippen molar-refractivity contribution in [2.75, 3.05) is 11.9 Å². The molecule has 7 heteroatoms. The number of nitrogens with one attached hydrogen (secondary N) is 2. The molecule has 132 valence electrons. The first-order valence-electron chi connectivity index (χ1n) is 8.07. The molecule has 1 saturated carbocycles. The van der Waals surface area contributed by atoms with Crippen molar-refractivity contribution in [1.82, 2.24) is 5.32 Å². The molecule has 1 aromatic carbocycles. The summed E-state index contributed by atoms with van der Waals surface area (Å²) in [6, 6.07) is 4.72. The molecular formula is C18H18F2N2O2S. The molecule has 0 atom stereocenters. The molecule has 2 N–H and O–H groups in total. The Labute approximate surface area is 148 Å². The second-order valence-electron chi connectivity index (χ2n) is 6.26. The summed E-state index contributed by atoms with van der Waals surface area (Å²) in [7, 11) is 0. The van der Waals surface area contributed by atoms with E-state index in [1.165, 1.54) is 5.56 Å². The van der Waals surface area contributed by atoms with Gasteiger partial charge in [-0.05, 0) is 47.4 Å². The van der Waals surface area contributed by atoms with Crippen LogP contribution >= 0.6 is 11.3 Å². The van der Waals surface area contributed by atoms with Gasteiger partial charge in [0.1, 0.15) is 11.6 Å². The number of hydrogen-bond donors (Lipinski definition) is 2. The Morgan fingerprint density at radius 3 is 2.56 bits per heavy atom. The minimum absolute atomic E-state index is 0.153. The summed E-state index contributed by atoms with van der Waals surface area (Å²) in [5.41, 5.74) is 0.667. The normalized spacial score (nSPS) is 15.8. The number of benzene rings is 1. The van der Waals surface area contributed by atoms with E-state index >= 15 is 0 Å². The third-order valence-corrected chi connectivity index (χ3v) is 5.35. The first-order valence-corrected chi connectivity index (χ1v) is 9.01. The van der Waals surface area contributed by atoms with Crippen LogP contribution < -0.4 is 10.6 Å². The number of thiophene rings is 1. The summed E-state index contributed by atoms with van der Waals surface area (Å²) >= 11 is 1.60. The molecule has 3 rings (SSSR count). The smallest absolute Gasteiger partial charge is 0.313 e. The topological polar surface area (TPSA) is 58.2 Å². The highest BCUT2D eigenvalue weighted by molar-refractivity contribution is 7.08. The summed E-state index contributed by atoms with van der Waals surface area (Å²) in [5.74, 6) is -3.36. The van der Waals surface area contributed by atoms with Crippen LogP contribution in [0.5, 0.6) is 0 Å². The third-order valence-electron chi connectivity index (χ3n) is 4.66. The van der Waals surface area contributed by atoms with E-state index in [4.69, 9.17) is 0 Å². The van der Waals surface area contributed by atoms with Gasteiger partial charge in [0, 0.05) is 18.0 Å². The molecule has 1 heterocycles. The SMILES string of the molecule is O=C(NCC1(c2ccsc2)CCCC1)C(=O)Nc1cc(F)ccc1F. The maximum Gasteiger partial charge on any atom is 0.313 e. The number of carbonyl (C=O) groups excluding carboxylic acids is 2. The van der Waals surface area contributed by atoms with Crippen molar-refractivity contribution < 1.29 is 18.4 Å². The lowest BCUT2D eigenvalue weighted by Gasteiger charge is -2.28. The van der Waals surface area contributed by atoms with E-state index in [0.717, 1.165) is 43.9 Å². The number of anilines is 1. The van der Waals surface area contributed by atoms with E-state index < -0.39 is 23.4 Å². The molecule has 25 heavy (non-hydrogen) atoms. The van der Waals surface area contributed by atoms with Gasteiger partial charge in [0.05, 0.1) is 5.69 Å². The summed E-state index contributed by atoms with van der Waals surface area (Å²) < 4.78 is 26.7. The summed E-state index contributed by atoms with van der Waals surface area (Å²) in [6.07, 6.45) is 4.05. The van der Waals surface area contributed by atoms with Crippen LogP contribution in [0.1, 0.15) is 31.2 Å². The first-order chi connectivity index (χ1) is 12.0. The van der Waals surface area contributed by atoms with Gasteiger partial charge in [0.25, 0.3) is 0 Å².